The van der Waals surface area contributed by atoms with Gasteiger partial charge >= 0.3 is 0 Å². The second-order valence-corrected chi connectivity index (χ2v) is 14.4. The van der Waals surface area contributed by atoms with E-state index in [0.717, 1.165) is 28.6 Å². The van der Waals surface area contributed by atoms with Crippen LogP contribution in [0.3, 0.4) is 0 Å². The lowest BCUT2D eigenvalue weighted by molar-refractivity contribution is -0.140. The Morgan fingerprint density at radius 3 is 2.30 bits per heavy atom. The Hall–Kier alpha value is -4.38. The number of amides is 2. The summed E-state index contributed by atoms with van der Waals surface area (Å²) in [5.41, 5.74) is 0.981. The topological polar surface area (TPSA) is 177 Å². The predicted octanol–water partition coefficient (Wildman–Crippen LogP) is 0.924. The summed E-state index contributed by atoms with van der Waals surface area (Å²) in [5, 5.41) is 4.95. The van der Waals surface area contributed by atoms with Gasteiger partial charge < -0.3 is 20.1 Å². The monoisotopic (exact) mass is 688 g/mol. The molecule has 0 bridgehead atoms. The summed E-state index contributed by atoms with van der Waals surface area (Å²) in [6.45, 7) is 1.55. The molecule has 2 atom stereocenters. The van der Waals surface area contributed by atoms with Crippen LogP contribution in [0.1, 0.15) is 18.1 Å². The molecule has 13 nitrogen and oxygen atoms in total. The predicted molar refractivity (Wildman–Crippen MR) is 166 cm³/mol. The molecule has 2 aliphatic heterocycles. The Kier molecular flexibility index (Phi) is 10.2. The summed E-state index contributed by atoms with van der Waals surface area (Å²) in [6.07, 6.45) is -0.0889. The highest BCUT2D eigenvalue weighted by molar-refractivity contribution is 7.89. The number of carbonyl (C=O) groups is 3. The van der Waals surface area contributed by atoms with Gasteiger partial charge in [-0.2, -0.15) is 4.31 Å². The van der Waals surface area contributed by atoms with Crippen LogP contribution in [0.2, 0.25) is 0 Å². The molecule has 2 aliphatic rings. The van der Waals surface area contributed by atoms with Crippen LogP contribution in [0.5, 0.6) is 11.5 Å². The average Bonchev–Trinajstić information content (AvgIpc) is 3.05. The lowest BCUT2D eigenvalue weighted by atomic mass is 9.99. The summed E-state index contributed by atoms with van der Waals surface area (Å²) in [7, 11) is -8.15. The van der Waals surface area contributed by atoms with E-state index in [0.29, 0.717) is 22.6 Å². The molecule has 0 fully saturated rings. The minimum absolute atomic E-state index is 0.000934. The molecule has 0 saturated heterocycles. The van der Waals surface area contributed by atoms with Crippen LogP contribution in [0.25, 0.3) is 0 Å². The van der Waals surface area contributed by atoms with Crippen molar-refractivity contribution in [1.82, 2.24) is 19.7 Å². The molecule has 0 radical (unpaired) electrons. The molecule has 0 aliphatic carbocycles. The molecule has 2 amide bonds. The van der Waals surface area contributed by atoms with Gasteiger partial charge in [0.05, 0.1) is 9.79 Å². The number of fused-ring (bicyclic) bond motifs is 2. The Morgan fingerprint density at radius 1 is 0.979 bits per heavy atom. The van der Waals surface area contributed by atoms with Gasteiger partial charge in [0.2, 0.25) is 31.7 Å². The number of nitrogens with one attached hydrogen (secondary N) is 3. The minimum Gasteiger partial charge on any atom is -0.486 e. The number of benzene rings is 3. The first-order valence-corrected chi connectivity index (χ1v) is 17.7. The van der Waals surface area contributed by atoms with Crippen molar-refractivity contribution >= 4 is 37.6 Å². The third-order valence-electron chi connectivity index (χ3n) is 7.65. The second kappa shape index (κ2) is 14.2. The van der Waals surface area contributed by atoms with Crippen molar-refractivity contribution in [2.45, 2.75) is 41.6 Å². The molecule has 0 spiro atoms. The molecule has 3 aromatic rings. The normalized spacial score (nSPS) is 17.6. The van der Waals surface area contributed by atoms with Crippen molar-refractivity contribution in [1.29, 1.82) is 0 Å². The quantitative estimate of drug-likeness (QED) is 0.185. The maximum Gasteiger partial charge on any atom is 0.289 e. The zero-order valence-electron chi connectivity index (χ0n) is 25.3. The van der Waals surface area contributed by atoms with E-state index in [1.807, 2.05) is 0 Å². The molecule has 16 heteroatoms. The summed E-state index contributed by atoms with van der Waals surface area (Å²) >= 11 is 0. The number of ether oxygens (including phenoxy) is 2. The Morgan fingerprint density at radius 2 is 1.64 bits per heavy atom. The summed E-state index contributed by atoms with van der Waals surface area (Å²) in [5.74, 6) is -2.81. The van der Waals surface area contributed by atoms with Gasteiger partial charge in [0, 0.05) is 32.1 Å². The van der Waals surface area contributed by atoms with Gasteiger partial charge in [-0.15, -0.1) is 0 Å². The van der Waals surface area contributed by atoms with Crippen LogP contribution >= 0.6 is 0 Å². The molecular weight excluding hydrogens is 655 g/mol. The number of ketones is 1. The van der Waals surface area contributed by atoms with E-state index in [9.17, 15) is 35.6 Å². The van der Waals surface area contributed by atoms with Crippen LogP contribution in [0, 0.1) is 5.82 Å². The van der Waals surface area contributed by atoms with Crippen molar-refractivity contribution in [2.75, 3.05) is 32.8 Å². The number of Topliss-reactive ketones (excluding diaryl/α,β-unsaturated/α-hetero) is 1. The van der Waals surface area contributed by atoms with Crippen molar-refractivity contribution < 1.29 is 45.1 Å². The van der Waals surface area contributed by atoms with E-state index in [2.05, 4.69) is 15.4 Å². The molecule has 5 rings (SSSR count). The van der Waals surface area contributed by atoms with E-state index in [1.54, 1.807) is 43.3 Å². The first-order chi connectivity index (χ1) is 22.4. The molecule has 0 saturated carbocycles. The number of halogens is 1. The molecule has 0 aromatic heterocycles. The third-order valence-corrected chi connectivity index (χ3v) is 11.2. The number of hydrogen-bond donors (Lipinski definition) is 3. The van der Waals surface area contributed by atoms with Gasteiger partial charge in [-0.1, -0.05) is 37.3 Å². The summed E-state index contributed by atoms with van der Waals surface area (Å²) < 4.78 is 79.7. The van der Waals surface area contributed by atoms with Gasteiger partial charge in [-0.05, 0) is 47.9 Å². The second-order valence-electron chi connectivity index (χ2n) is 10.8. The lowest BCUT2D eigenvalue weighted by Gasteiger charge is -2.35. The lowest BCUT2D eigenvalue weighted by Crippen LogP contribution is -2.57. The molecule has 1 unspecified atom stereocenters. The van der Waals surface area contributed by atoms with E-state index < -0.39 is 55.5 Å². The van der Waals surface area contributed by atoms with Crippen LogP contribution < -0.4 is 24.8 Å². The molecule has 3 aromatic carbocycles. The Labute approximate surface area is 271 Å². The Bertz CT molecular complexity index is 1870. The van der Waals surface area contributed by atoms with Crippen LogP contribution in [0.15, 0.2) is 76.5 Å². The highest BCUT2D eigenvalue weighted by Gasteiger charge is 2.43. The van der Waals surface area contributed by atoms with E-state index >= 15 is 0 Å². The molecular formula is C31H33FN4O9S2. The van der Waals surface area contributed by atoms with Crippen LogP contribution in [-0.2, 0) is 47.3 Å². The molecule has 250 valence electrons. The van der Waals surface area contributed by atoms with Gasteiger partial charge in [0.1, 0.15) is 31.1 Å². The fourth-order valence-electron chi connectivity index (χ4n) is 5.36. The number of nitrogens with zero attached hydrogens (tertiary/aromatic N) is 1. The third kappa shape index (κ3) is 7.62. The first kappa shape index (κ1) is 34.0. The maximum atomic E-state index is 13.8. The largest absolute Gasteiger partial charge is 0.486 e. The van der Waals surface area contributed by atoms with Crippen LogP contribution in [-0.4, -0.2) is 83.7 Å². The zero-order chi connectivity index (χ0) is 33.8. The van der Waals surface area contributed by atoms with Crippen molar-refractivity contribution in [3.05, 3.63) is 83.7 Å². The standard InChI is InChI=1S/C31H33FN4O9S2/c1-2-36-25(17-21-18-26-27(45-15-14-44-26)19-28(21)47(36,42)43)30(38)35-24(16-20-6-4-3-5-7-20)29(37)31(39)33-12-13-34-46(40,41)23-10-8-22(32)9-11-23/h3-11,18-19,24-25,34H,2,12-17H2,1H3,(H,33,39)(H,35,38)/t24-,25?/m0/s1. The fourth-order valence-corrected chi connectivity index (χ4v) is 8.22. The summed E-state index contributed by atoms with van der Waals surface area (Å²) in [4.78, 5) is 39.9. The zero-order valence-corrected chi connectivity index (χ0v) is 26.9. The smallest absolute Gasteiger partial charge is 0.289 e. The first-order valence-electron chi connectivity index (χ1n) is 14.8. The van der Waals surface area contributed by atoms with E-state index in [1.165, 1.54) is 6.07 Å². The van der Waals surface area contributed by atoms with Crippen molar-refractivity contribution in [3.63, 3.8) is 0 Å². The maximum absolute atomic E-state index is 13.8. The summed E-state index contributed by atoms with van der Waals surface area (Å²) in [6, 6.07) is 13.1. The number of hydrogen-bond acceptors (Lipinski definition) is 9. The van der Waals surface area contributed by atoms with Gasteiger partial charge in [-0.25, -0.2) is 25.9 Å². The highest BCUT2D eigenvalue weighted by Crippen LogP contribution is 2.39. The van der Waals surface area contributed by atoms with Gasteiger partial charge in [0.15, 0.2) is 11.5 Å². The van der Waals surface area contributed by atoms with Gasteiger partial charge in [-0.3, -0.25) is 14.4 Å². The SMILES string of the molecule is CCN1C(C(=O)N[C@@H](Cc2ccccc2)C(=O)C(=O)NCCNS(=O)(=O)c2ccc(F)cc2)Cc2cc3c(cc2S1(=O)=O)OCCO3. The van der Waals surface area contributed by atoms with Gasteiger partial charge in [0.25, 0.3) is 5.91 Å². The highest BCUT2D eigenvalue weighted by atomic mass is 32.2. The average molecular weight is 689 g/mol. The van der Waals surface area contributed by atoms with E-state index in [4.69, 9.17) is 9.47 Å². The van der Waals surface area contributed by atoms with E-state index in [-0.39, 0.29) is 55.5 Å². The number of sulfonamides is 2. The van der Waals surface area contributed by atoms with Crippen molar-refractivity contribution in [2.24, 2.45) is 0 Å². The van der Waals surface area contributed by atoms with Crippen LogP contribution in [0.4, 0.5) is 4.39 Å². The molecule has 2 heterocycles. The minimum atomic E-state index is -4.14. The number of carbonyl (C=O) groups excluding carboxylic acids is 3. The number of rotatable bonds is 12. The van der Waals surface area contributed by atoms with Crippen molar-refractivity contribution in [3.8, 4) is 11.5 Å². The molecule has 47 heavy (non-hydrogen) atoms. The fraction of sp³-hybridized carbons (Fsp3) is 0.323. The molecule has 3 N–H and O–H groups in total. The Balaban J connectivity index is 1.30. The number of likely N-dealkylation sites (N-methyl/N-ethyl adjacent to an activating group) is 1.